The number of carbonyl (C=O) groups is 2. The van der Waals surface area contributed by atoms with Gasteiger partial charge in [-0.05, 0) is 30.5 Å². The Kier molecular flexibility index (Phi) is 5.46. The number of benzene rings is 1. The molecule has 1 aromatic carbocycles. The van der Waals surface area contributed by atoms with E-state index in [9.17, 15) is 14.0 Å². The standard InChI is InChI=1S/C16H18FN3O3/c1-11(5-6-12-3-2-4-13(17)9-12)16(23)18-14-7-8-20(19-14)10-15(21)22/h2-4,7-9,11H,5-6,10H2,1H3,(H,21,22)(H,18,19,23). The summed E-state index contributed by atoms with van der Waals surface area (Å²) in [6.45, 7) is 1.52. The van der Waals surface area contributed by atoms with Crippen LogP contribution in [-0.2, 0) is 22.6 Å². The molecule has 0 aliphatic carbocycles. The molecule has 1 aromatic heterocycles. The van der Waals surface area contributed by atoms with Crippen LogP contribution in [0, 0.1) is 11.7 Å². The van der Waals surface area contributed by atoms with E-state index >= 15 is 0 Å². The second-order valence-electron chi connectivity index (χ2n) is 5.35. The van der Waals surface area contributed by atoms with Crippen LogP contribution in [0.25, 0.3) is 0 Å². The van der Waals surface area contributed by atoms with Gasteiger partial charge in [0.25, 0.3) is 0 Å². The maximum absolute atomic E-state index is 13.1. The van der Waals surface area contributed by atoms with Crippen molar-refractivity contribution in [3.05, 3.63) is 47.9 Å². The molecule has 0 radical (unpaired) electrons. The molecule has 0 spiro atoms. The van der Waals surface area contributed by atoms with E-state index in [-0.39, 0.29) is 24.2 Å². The maximum Gasteiger partial charge on any atom is 0.325 e. The molecule has 2 rings (SSSR count). The Morgan fingerprint density at radius 2 is 2.17 bits per heavy atom. The number of aromatic nitrogens is 2. The van der Waals surface area contributed by atoms with Gasteiger partial charge in [-0.2, -0.15) is 5.10 Å². The lowest BCUT2D eigenvalue weighted by Crippen LogP contribution is -2.21. The molecule has 0 aliphatic heterocycles. The first-order chi connectivity index (χ1) is 10.9. The van der Waals surface area contributed by atoms with Crippen LogP contribution in [0.5, 0.6) is 0 Å². The summed E-state index contributed by atoms with van der Waals surface area (Å²) in [7, 11) is 0. The molecule has 6 nitrogen and oxygen atoms in total. The van der Waals surface area contributed by atoms with Crippen LogP contribution < -0.4 is 5.32 Å². The fraction of sp³-hybridized carbons (Fsp3) is 0.312. The Morgan fingerprint density at radius 1 is 1.39 bits per heavy atom. The monoisotopic (exact) mass is 319 g/mol. The molecular weight excluding hydrogens is 301 g/mol. The van der Waals surface area contributed by atoms with Gasteiger partial charge in [0.1, 0.15) is 12.4 Å². The highest BCUT2D eigenvalue weighted by Crippen LogP contribution is 2.13. The summed E-state index contributed by atoms with van der Waals surface area (Å²) in [4.78, 5) is 22.7. The lowest BCUT2D eigenvalue weighted by atomic mass is 10.0. The van der Waals surface area contributed by atoms with E-state index < -0.39 is 5.97 Å². The smallest absolute Gasteiger partial charge is 0.325 e. The molecule has 2 aromatic rings. The van der Waals surface area contributed by atoms with Crippen LogP contribution in [0.1, 0.15) is 18.9 Å². The van der Waals surface area contributed by atoms with Crippen molar-refractivity contribution < 1.29 is 19.1 Å². The summed E-state index contributed by atoms with van der Waals surface area (Å²) in [6, 6.07) is 7.84. The molecule has 0 aliphatic rings. The van der Waals surface area contributed by atoms with E-state index in [4.69, 9.17) is 5.11 Å². The van der Waals surface area contributed by atoms with E-state index in [0.717, 1.165) is 5.56 Å². The number of hydrogen-bond donors (Lipinski definition) is 2. The normalized spacial score (nSPS) is 11.9. The van der Waals surface area contributed by atoms with Gasteiger partial charge in [0, 0.05) is 18.2 Å². The molecule has 1 amide bonds. The quantitative estimate of drug-likeness (QED) is 0.820. The third kappa shape index (κ3) is 5.21. The van der Waals surface area contributed by atoms with Crippen LogP contribution in [-0.4, -0.2) is 26.8 Å². The topological polar surface area (TPSA) is 84.2 Å². The summed E-state index contributed by atoms with van der Waals surface area (Å²) < 4.78 is 14.3. The van der Waals surface area contributed by atoms with E-state index in [2.05, 4.69) is 10.4 Å². The van der Waals surface area contributed by atoms with Crippen molar-refractivity contribution in [2.75, 3.05) is 5.32 Å². The lowest BCUT2D eigenvalue weighted by Gasteiger charge is -2.10. The molecule has 1 unspecified atom stereocenters. The fourth-order valence-electron chi connectivity index (χ4n) is 2.11. The number of carboxylic acid groups (broad SMARTS) is 1. The van der Waals surface area contributed by atoms with Gasteiger partial charge in [-0.1, -0.05) is 19.1 Å². The number of nitrogens with one attached hydrogen (secondary N) is 1. The molecule has 122 valence electrons. The van der Waals surface area contributed by atoms with E-state index in [1.165, 1.54) is 23.0 Å². The summed E-state index contributed by atoms with van der Waals surface area (Å²) in [5, 5.41) is 15.3. The van der Waals surface area contributed by atoms with Gasteiger partial charge >= 0.3 is 5.97 Å². The van der Waals surface area contributed by atoms with Crippen LogP contribution in [0.3, 0.4) is 0 Å². The molecule has 7 heteroatoms. The lowest BCUT2D eigenvalue weighted by molar-refractivity contribution is -0.137. The molecule has 0 saturated carbocycles. The van der Waals surface area contributed by atoms with Crippen LogP contribution in [0.4, 0.5) is 10.2 Å². The third-order valence-corrected chi connectivity index (χ3v) is 3.39. The predicted octanol–water partition coefficient (Wildman–Crippen LogP) is 2.31. The molecule has 23 heavy (non-hydrogen) atoms. The van der Waals surface area contributed by atoms with Crippen molar-refractivity contribution in [1.82, 2.24) is 9.78 Å². The van der Waals surface area contributed by atoms with Gasteiger partial charge in [0.2, 0.25) is 5.91 Å². The van der Waals surface area contributed by atoms with Crippen molar-refractivity contribution in [3.8, 4) is 0 Å². The number of halogens is 1. The minimum absolute atomic E-state index is 0.207. The van der Waals surface area contributed by atoms with Gasteiger partial charge in [0.15, 0.2) is 5.82 Å². The van der Waals surface area contributed by atoms with E-state index in [1.807, 2.05) is 6.07 Å². The first-order valence-corrected chi connectivity index (χ1v) is 7.24. The molecule has 1 atom stereocenters. The van der Waals surface area contributed by atoms with Crippen molar-refractivity contribution in [1.29, 1.82) is 0 Å². The minimum Gasteiger partial charge on any atom is -0.480 e. The SMILES string of the molecule is CC(CCc1cccc(F)c1)C(=O)Nc1ccn(CC(=O)O)n1. The Balaban J connectivity index is 1.85. The van der Waals surface area contributed by atoms with Crippen molar-refractivity contribution in [2.24, 2.45) is 5.92 Å². The van der Waals surface area contributed by atoms with Gasteiger partial charge < -0.3 is 10.4 Å². The van der Waals surface area contributed by atoms with Gasteiger partial charge in [-0.15, -0.1) is 0 Å². The summed E-state index contributed by atoms with van der Waals surface area (Å²) in [5.41, 5.74) is 0.843. The minimum atomic E-state index is -1.01. The number of hydrogen-bond acceptors (Lipinski definition) is 3. The number of amides is 1. The van der Waals surface area contributed by atoms with Gasteiger partial charge in [0.05, 0.1) is 0 Å². The molecule has 2 N–H and O–H groups in total. The van der Waals surface area contributed by atoms with Crippen molar-refractivity contribution in [2.45, 2.75) is 26.3 Å². The Bertz CT molecular complexity index is 699. The average molecular weight is 319 g/mol. The zero-order valence-corrected chi connectivity index (χ0v) is 12.7. The van der Waals surface area contributed by atoms with Crippen LogP contribution in [0.15, 0.2) is 36.5 Å². The number of nitrogens with zero attached hydrogens (tertiary/aromatic N) is 2. The average Bonchev–Trinajstić information content (AvgIpc) is 2.91. The Morgan fingerprint density at radius 3 is 2.87 bits per heavy atom. The van der Waals surface area contributed by atoms with Crippen LogP contribution in [0.2, 0.25) is 0 Å². The molecular formula is C16H18FN3O3. The summed E-state index contributed by atoms with van der Waals surface area (Å²) in [6.07, 6.45) is 2.66. The largest absolute Gasteiger partial charge is 0.480 e. The summed E-state index contributed by atoms with van der Waals surface area (Å²) >= 11 is 0. The zero-order valence-electron chi connectivity index (χ0n) is 12.7. The number of anilines is 1. The Labute approximate surface area is 132 Å². The maximum atomic E-state index is 13.1. The highest BCUT2D eigenvalue weighted by atomic mass is 19.1. The second-order valence-corrected chi connectivity index (χ2v) is 5.35. The van der Waals surface area contributed by atoms with E-state index in [0.29, 0.717) is 18.7 Å². The molecule has 0 bridgehead atoms. The third-order valence-electron chi connectivity index (χ3n) is 3.39. The highest BCUT2D eigenvalue weighted by Gasteiger charge is 2.14. The predicted molar refractivity (Wildman–Crippen MR) is 82.4 cm³/mol. The van der Waals surface area contributed by atoms with Gasteiger partial charge in [-0.25, -0.2) is 4.39 Å². The van der Waals surface area contributed by atoms with E-state index in [1.54, 1.807) is 19.1 Å². The number of carboxylic acids is 1. The molecule has 0 fully saturated rings. The second kappa shape index (κ2) is 7.53. The molecule has 1 heterocycles. The van der Waals surface area contributed by atoms with Crippen LogP contribution >= 0.6 is 0 Å². The highest BCUT2D eigenvalue weighted by molar-refractivity contribution is 5.91. The van der Waals surface area contributed by atoms with Crippen molar-refractivity contribution in [3.63, 3.8) is 0 Å². The summed E-state index contributed by atoms with van der Waals surface area (Å²) in [5.74, 6) is -1.46. The number of aliphatic carboxylic acids is 1. The number of aryl methyl sites for hydroxylation is 1. The van der Waals surface area contributed by atoms with Crippen molar-refractivity contribution >= 4 is 17.7 Å². The Hall–Kier alpha value is -2.70. The van der Waals surface area contributed by atoms with Gasteiger partial charge in [-0.3, -0.25) is 14.3 Å². The first kappa shape index (κ1) is 16.7. The number of carbonyl (C=O) groups excluding carboxylic acids is 1. The molecule has 0 saturated heterocycles. The fourth-order valence-corrected chi connectivity index (χ4v) is 2.11. The zero-order chi connectivity index (χ0) is 16.8. The first-order valence-electron chi connectivity index (χ1n) is 7.24. The number of rotatable bonds is 7.